The summed E-state index contributed by atoms with van der Waals surface area (Å²) in [5, 5.41) is 21.3. The third-order valence-electron chi connectivity index (χ3n) is 1.96. The minimum atomic E-state index is -1.03. The van der Waals surface area contributed by atoms with Crippen LogP contribution in [0.1, 0.15) is 16.9 Å². The molecule has 8 nitrogen and oxygen atoms in total. The molecule has 0 aliphatic carbocycles. The van der Waals surface area contributed by atoms with Crippen molar-refractivity contribution in [3.63, 3.8) is 0 Å². The number of rotatable bonds is 7. The van der Waals surface area contributed by atoms with Crippen LogP contribution in [-0.4, -0.2) is 52.1 Å². The van der Waals surface area contributed by atoms with E-state index in [0.717, 1.165) is 17.6 Å². The standard InChI is InChI=1S/C9H15N5O3/c1-10-3-2-4-11-9(17)7-5-14(13-12-7)6-8(15)16/h5,10H,2-4,6H2,1H3,(H,11,17)(H,15,16). The molecule has 0 saturated heterocycles. The number of aliphatic carboxylic acids is 1. The van der Waals surface area contributed by atoms with E-state index in [-0.39, 0.29) is 18.1 Å². The van der Waals surface area contributed by atoms with Crippen LogP contribution < -0.4 is 10.6 Å². The molecule has 0 aromatic carbocycles. The van der Waals surface area contributed by atoms with Gasteiger partial charge in [-0.05, 0) is 20.0 Å². The Hall–Kier alpha value is -1.96. The monoisotopic (exact) mass is 241 g/mol. The van der Waals surface area contributed by atoms with Crippen LogP contribution in [0.25, 0.3) is 0 Å². The third kappa shape index (κ3) is 4.60. The molecular weight excluding hydrogens is 226 g/mol. The Morgan fingerprint density at radius 2 is 2.24 bits per heavy atom. The maximum atomic E-state index is 11.5. The molecule has 0 atom stereocenters. The lowest BCUT2D eigenvalue weighted by Crippen LogP contribution is -2.26. The van der Waals surface area contributed by atoms with Gasteiger partial charge < -0.3 is 15.7 Å². The van der Waals surface area contributed by atoms with E-state index < -0.39 is 5.97 Å². The highest BCUT2D eigenvalue weighted by Gasteiger charge is 2.10. The van der Waals surface area contributed by atoms with Gasteiger partial charge in [0.15, 0.2) is 5.69 Å². The van der Waals surface area contributed by atoms with Crippen molar-refractivity contribution in [3.8, 4) is 0 Å². The average Bonchev–Trinajstić information content (AvgIpc) is 2.71. The molecule has 0 bridgehead atoms. The molecule has 0 unspecified atom stereocenters. The predicted molar refractivity (Wildman–Crippen MR) is 58.5 cm³/mol. The third-order valence-corrected chi connectivity index (χ3v) is 1.96. The Labute approximate surface area is 98.0 Å². The van der Waals surface area contributed by atoms with Crippen molar-refractivity contribution in [3.05, 3.63) is 11.9 Å². The highest BCUT2D eigenvalue weighted by molar-refractivity contribution is 5.91. The molecule has 0 aliphatic rings. The summed E-state index contributed by atoms with van der Waals surface area (Å²) >= 11 is 0. The van der Waals surface area contributed by atoms with Crippen LogP contribution in [0, 0.1) is 0 Å². The topological polar surface area (TPSA) is 109 Å². The highest BCUT2D eigenvalue weighted by Crippen LogP contribution is 1.93. The van der Waals surface area contributed by atoms with Crippen molar-refractivity contribution in [1.82, 2.24) is 25.6 Å². The molecule has 0 radical (unpaired) electrons. The van der Waals surface area contributed by atoms with Crippen molar-refractivity contribution < 1.29 is 14.7 Å². The molecule has 1 aromatic heterocycles. The molecule has 1 aromatic rings. The summed E-state index contributed by atoms with van der Waals surface area (Å²) < 4.78 is 1.10. The summed E-state index contributed by atoms with van der Waals surface area (Å²) in [7, 11) is 1.83. The number of carboxylic acids is 1. The molecule has 8 heteroatoms. The van der Waals surface area contributed by atoms with Crippen LogP contribution in [-0.2, 0) is 11.3 Å². The maximum Gasteiger partial charge on any atom is 0.325 e. The summed E-state index contributed by atoms with van der Waals surface area (Å²) in [5.41, 5.74) is 0.121. The van der Waals surface area contributed by atoms with Gasteiger partial charge in [-0.15, -0.1) is 5.10 Å². The molecular formula is C9H15N5O3. The van der Waals surface area contributed by atoms with Gasteiger partial charge >= 0.3 is 5.97 Å². The summed E-state index contributed by atoms with van der Waals surface area (Å²) in [6.45, 7) is 1.04. The van der Waals surface area contributed by atoms with Crippen LogP contribution in [0.5, 0.6) is 0 Å². The Morgan fingerprint density at radius 3 is 2.88 bits per heavy atom. The van der Waals surface area contributed by atoms with Crippen LogP contribution >= 0.6 is 0 Å². The van der Waals surface area contributed by atoms with Crippen molar-refractivity contribution >= 4 is 11.9 Å². The summed E-state index contributed by atoms with van der Waals surface area (Å²) in [6.07, 6.45) is 2.12. The number of aromatic nitrogens is 3. The van der Waals surface area contributed by atoms with Crippen molar-refractivity contribution in [2.75, 3.05) is 20.1 Å². The molecule has 0 spiro atoms. The first-order valence-electron chi connectivity index (χ1n) is 5.18. The molecule has 1 heterocycles. The van der Waals surface area contributed by atoms with Crippen molar-refractivity contribution in [2.24, 2.45) is 0 Å². The van der Waals surface area contributed by atoms with Crippen molar-refractivity contribution in [2.45, 2.75) is 13.0 Å². The number of nitrogens with one attached hydrogen (secondary N) is 2. The Morgan fingerprint density at radius 1 is 1.47 bits per heavy atom. The number of hydrogen-bond acceptors (Lipinski definition) is 5. The van der Waals surface area contributed by atoms with Crippen molar-refractivity contribution in [1.29, 1.82) is 0 Å². The molecule has 1 amide bonds. The molecule has 94 valence electrons. The fraction of sp³-hybridized carbons (Fsp3) is 0.556. The van der Waals surface area contributed by atoms with E-state index in [9.17, 15) is 9.59 Å². The van der Waals surface area contributed by atoms with Crippen LogP contribution in [0.2, 0.25) is 0 Å². The summed E-state index contributed by atoms with van der Waals surface area (Å²) in [5.74, 6) is -1.38. The molecule has 1 rings (SSSR count). The SMILES string of the molecule is CNCCCNC(=O)c1cn(CC(=O)O)nn1. The fourth-order valence-corrected chi connectivity index (χ4v) is 1.18. The van der Waals surface area contributed by atoms with Gasteiger partial charge in [-0.1, -0.05) is 5.21 Å². The van der Waals surface area contributed by atoms with Gasteiger partial charge in [0.2, 0.25) is 0 Å². The highest BCUT2D eigenvalue weighted by atomic mass is 16.4. The van der Waals surface area contributed by atoms with Gasteiger partial charge in [-0.25, -0.2) is 4.68 Å². The van der Waals surface area contributed by atoms with E-state index in [0.29, 0.717) is 6.54 Å². The van der Waals surface area contributed by atoms with E-state index in [1.165, 1.54) is 6.20 Å². The lowest BCUT2D eigenvalue weighted by molar-refractivity contribution is -0.137. The number of carbonyl (C=O) groups is 2. The first-order valence-corrected chi connectivity index (χ1v) is 5.18. The first-order chi connectivity index (χ1) is 8.13. The van der Waals surface area contributed by atoms with E-state index in [2.05, 4.69) is 20.9 Å². The van der Waals surface area contributed by atoms with Gasteiger partial charge in [0, 0.05) is 6.54 Å². The van der Waals surface area contributed by atoms with Crippen LogP contribution in [0.4, 0.5) is 0 Å². The van der Waals surface area contributed by atoms with Crippen LogP contribution in [0.3, 0.4) is 0 Å². The summed E-state index contributed by atoms with van der Waals surface area (Å²) in [4.78, 5) is 21.9. The van der Waals surface area contributed by atoms with Gasteiger partial charge in [-0.3, -0.25) is 9.59 Å². The Kier molecular flexibility index (Phi) is 5.08. The number of carbonyl (C=O) groups excluding carboxylic acids is 1. The molecule has 0 saturated carbocycles. The Bertz CT molecular complexity index is 390. The van der Waals surface area contributed by atoms with E-state index in [4.69, 9.17) is 5.11 Å². The second kappa shape index (κ2) is 6.59. The van der Waals surface area contributed by atoms with Gasteiger partial charge in [-0.2, -0.15) is 0 Å². The zero-order valence-electron chi connectivity index (χ0n) is 9.51. The first kappa shape index (κ1) is 13.1. The summed E-state index contributed by atoms with van der Waals surface area (Å²) in [6, 6.07) is 0. The van der Waals surface area contributed by atoms with E-state index in [1.54, 1.807) is 0 Å². The number of nitrogens with zero attached hydrogens (tertiary/aromatic N) is 3. The minimum absolute atomic E-state index is 0.121. The number of hydrogen-bond donors (Lipinski definition) is 3. The molecule has 0 aliphatic heterocycles. The number of carboxylic acid groups (broad SMARTS) is 1. The second-order valence-electron chi connectivity index (χ2n) is 3.41. The second-order valence-corrected chi connectivity index (χ2v) is 3.41. The maximum absolute atomic E-state index is 11.5. The quantitative estimate of drug-likeness (QED) is 0.512. The molecule has 3 N–H and O–H groups in total. The van der Waals surface area contributed by atoms with Gasteiger partial charge in [0.05, 0.1) is 6.20 Å². The zero-order valence-corrected chi connectivity index (χ0v) is 9.51. The number of amides is 1. The zero-order chi connectivity index (χ0) is 12.7. The Balaban J connectivity index is 2.41. The fourth-order valence-electron chi connectivity index (χ4n) is 1.18. The van der Waals surface area contributed by atoms with E-state index >= 15 is 0 Å². The lowest BCUT2D eigenvalue weighted by Gasteiger charge is -2.01. The molecule has 0 fully saturated rings. The molecule has 17 heavy (non-hydrogen) atoms. The lowest BCUT2D eigenvalue weighted by atomic mass is 10.4. The minimum Gasteiger partial charge on any atom is -0.480 e. The van der Waals surface area contributed by atoms with Crippen LogP contribution in [0.15, 0.2) is 6.20 Å². The smallest absolute Gasteiger partial charge is 0.325 e. The van der Waals surface area contributed by atoms with Gasteiger partial charge in [0.25, 0.3) is 5.91 Å². The predicted octanol–water partition coefficient (Wildman–Crippen LogP) is -1.30. The average molecular weight is 241 g/mol. The van der Waals surface area contributed by atoms with E-state index in [1.807, 2.05) is 7.05 Å². The largest absolute Gasteiger partial charge is 0.480 e. The normalized spacial score (nSPS) is 10.2. The van der Waals surface area contributed by atoms with Gasteiger partial charge in [0.1, 0.15) is 6.54 Å².